The summed E-state index contributed by atoms with van der Waals surface area (Å²) in [6.07, 6.45) is 4.20. The highest BCUT2D eigenvalue weighted by Gasteiger charge is 2.14. The minimum absolute atomic E-state index is 0.865. The minimum Gasteiger partial charge on any atom is -0.278 e. The molecule has 0 spiro atoms. The van der Waals surface area contributed by atoms with Crippen LogP contribution in [0.4, 0.5) is 5.69 Å². The topological polar surface area (TPSA) is 24.4 Å². The van der Waals surface area contributed by atoms with Gasteiger partial charge in [-0.25, -0.2) is 0 Å². The molecule has 0 saturated heterocycles. The van der Waals surface area contributed by atoms with E-state index in [2.05, 4.69) is 92.1 Å². The van der Waals surface area contributed by atoms with Crippen LogP contribution >= 0.6 is 0 Å². The van der Waals surface area contributed by atoms with Gasteiger partial charge in [0.2, 0.25) is 0 Å². The summed E-state index contributed by atoms with van der Waals surface area (Å²) >= 11 is 0. The van der Waals surface area contributed by atoms with Crippen LogP contribution in [0, 0.1) is 0 Å². The third-order valence-corrected chi connectivity index (χ3v) is 5.07. The maximum Gasteiger partial charge on any atom is 0.0720 e. The van der Waals surface area contributed by atoms with E-state index in [0.29, 0.717) is 0 Å². The highest BCUT2D eigenvalue weighted by atomic mass is 15.3. The van der Waals surface area contributed by atoms with E-state index in [4.69, 9.17) is 5.10 Å². The van der Waals surface area contributed by atoms with Gasteiger partial charge in [0.1, 0.15) is 0 Å². The van der Waals surface area contributed by atoms with Crippen LogP contribution in [-0.2, 0) is 0 Å². The van der Waals surface area contributed by atoms with Crippen molar-refractivity contribution >= 4 is 22.2 Å². The predicted molar refractivity (Wildman–Crippen MR) is 116 cm³/mol. The average molecular weight is 352 g/mol. The first-order valence-corrected chi connectivity index (χ1v) is 9.41. The number of fused-ring (bicyclic) bond motifs is 1. The minimum atomic E-state index is 0.865. The van der Waals surface area contributed by atoms with Gasteiger partial charge in [0.15, 0.2) is 0 Å². The van der Waals surface area contributed by atoms with Crippen LogP contribution in [0.2, 0.25) is 0 Å². The molecule has 0 radical (unpaired) electrons. The zero-order valence-electron chi connectivity index (χ0n) is 15.9. The number of nitrogens with one attached hydrogen (secondary N) is 1. The van der Waals surface area contributed by atoms with Crippen LogP contribution in [0.1, 0.15) is 32.3 Å². The Bertz CT molecular complexity index is 1060. The largest absolute Gasteiger partial charge is 0.278 e. The molecule has 0 heterocycles. The standard InChI is InChI=1S/C25H24N2/c1-18-14-19(2)23(15-18)17-25(21-9-4-3-5-10-21)27-26-24-13-12-20-8-6-7-11-22(20)16-24/h3-14,16,26H,15,17H2,1-2H3. The van der Waals surface area contributed by atoms with Crippen molar-refractivity contribution in [1.29, 1.82) is 0 Å². The second-order valence-corrected chi connectivity index (χ2v) is 7.23. The summed E-state index contributed by atoms with van der Waals surface area (Å²) in [7, 11) is 0. The number of nitrogens with zero attached hydrogens (tertiary/aromatic N) is 1. The Hall–Kier alpha value is -3.13. The third kappa shape index (κ3) is 4.01. The Morgan fingerprint density at radius 3 is 2.37 bits per heavy atom. The first kappa shape index (κ1) is 17.3. The SMILES string of the molecule is CC1=CC(C)=C(CC(=NNc2ccc3ccccc3c2)c2ccccc2)C1. The number of benzene rings is 3. The number of hydrogen-bond donors (Lipinski definition) is 1. The lowest BCUT2D eigenvalue weighted by atomic mass is 9.99. The molecular formula is C25H24N2. The molecule has 0 aliphatic heterocycles. The maximum absolute atomic E-state index is 4.80. The van der Waals surface area contributed by atoms with Gasteiger partial charge in [-0.15, -0.1) is 0 Å². The maximum atomic E-state index is 4.80. The molecule has 2 nitrogen and oxygen atoms in total. The summed E-state index contributed by atoms with van der Waals surface area (Å²) in [5, 5.41) is 7.26. The first-order chi connectivity index (χ1) is 13.2. The van der Waals surface area contributed by atoms with E-state index in [0.717, 1.165) is 29.8 Å². The number of hydrogen-bond acceptors (Lipinski definition) is 2. The lowest BCUT2D eigenvalue weighted by molar-refractivity contribution is 1.08. The van der Waals surface area contributed by atoms with Gasteiger partial charge in [0, 0.05) is 6.42 Å². The van der Waals surface area contributed by atoms with Gasteiger partial charge < -0.3 is 0 Å². The van der Waals surface area contributed by atoms with Crippen LogP contribution in [0.25, 0.3) is 10.8 Å². The molecular weight excluding hydrogens is 328 g/mol. The van der Waals surface area contributed by atoms with Gasteiger partial charge in [0.25, 0.3) is 0 Å². The normalized spacial score (nSPS) is 14.6. The van der Waals surface area contributed by atoms with E-state index < -0.39 is 0 Å². The number of allylic oxidation sites excluding steroid dienone is 4. The van der Waals surface area contributed by atoms with Crippen LogP contribution in [-0.4, -0.2) is 5.71 Å². The molecule has 0 aromatic heterocycles. The Morgan fingerprint density at radius 1 is 0.889 bits per heavy atom. The zero-order chi connectivity index (χ0) is 18.6. The monoisotopic (exact) mass is 352 g/mol. The zero-order valence-corrected chi connectivity index (χ0v) is 15.9. The molecule has 0 fully saturated rings. The van der Waals surface area contributed by atoms with Crippen LogP contribution < -0.4 is 5.43 Å². The molecule has 0 unspecified atom stereocenters. The molecule has 0 saturated carbocycles. The quantitative estimate of drug-likeness (QED) is 0.400. The average Bonchev–Trinajstić information content (AvgIpc) is 3.02. The molecule has 2 heteroatoms. The molecule has 27 heavy (non-hydrogen) atoms. The van der Waals surface area contributed by atoms with Gasteiger partial charge in [-0.1, -0.05) is 83.5 Å². The molecule has 3 aromatic carbocycles. The van der Waals surface area contributed by atoms with Crippen LogP contribution in [0.15, 0.2) is 101 Å². The van der Waals surface area contributed by atoms with Crippen molar-refractivity contribution in [2.24, 2.45) is 5.10 Å². The molecule has 1 aliphatic carbocycles. The predicted octanol–water partition coefficient (Wildman–Crippen LogP) is 6.71. The number of hydrazone groups is 1. The lowest BCUT2D eigenvalue weighted by Gasteiger charge is -2.11. The summed E-state index contributed by atoms with van der Waals surface area (Å²) in [6.45, 7) is 4.40. The Morgan fingerprint density at radius 2 is 1.63 bits per heavy atom. The number of anilines is 1. The van der Waals surface area contributed by atoms with E-state index in [-0.39, 0.29) is 0 Å². The fourth-order valence-electron chi connectivity index (χ4n) is 3.63. The van der Waals surface area contributed by atoms with Crippen molar-refractivity contribution in [3.05, 3.63) is 101 Å². The van der Waals surface area contributed by atoms with Crippen molar-refractivity contribution in [1.82, 2.24) is 0 Å². The molecule has 3 aromatic rings. The first-order valence-electron chi connectivity index (χ1n) is 9.41. The second-order valence-electron chi connectivity index (χ2n) is 7.23. The van der Waals surface area contributed by atoms with Crippen molar-refractivity contribution < 1.29 is 0 Å². The number of rotatable bonds is 5. The molecule has 0 bridgehead atoms. The fourth-order valence-corrected chi connectivity index (χ4v) is 3.63. The molecule has 1 N–H and O–H groups in total. The second kappa shape index (κ2) is 7.63. The van der Waals surface area contributed by atoms with Crippen LogP contribution in [0.5, 0.6) is 0 Å². The van der Waals surface area contributed by atoms with E-state index in [1.54, 1.807) is 0 Å². The summed E-state index contributed by atoms with van der Waals surface area (Å²) in [4.78, 5) is 0. The smallest absolute Gasteiger partial charge is 0.0720 e. The lowest BCUT2D eigenvalue weighted by Crippen LogP contribution is -2.06. The highest BCUT2D eigenvalue weighted by Crippen LogP contribution is 2.28. The molecule has 0 amide bonds. The van der Waals surface area contributed by atoms with E-state index in [1.807, 2.05) is 6.07 Å². The van der Waals surface area contributed by atoms with Gasteiger partial charge in [-0.3, -0.25) is 5.43 Å². The Kier molecular flexibility index (Phi) is 4.88. The highest BCUT2D eigenvalue weighted by molar-refractivity contribution is 6.02. The Labute approximate surface area is 160 Å². The Balaban J connectivity index is 1.62. The summed E-state index contributed by atoms with van der Waals surface area (Å²) < 4.78 is 0. The van der Waals surface area contributed by atoms with Gasteiger partial charge in [-0.2, -0.15) is 5.10 Å². The summed E-state index contributed by atoms with van der Waals surface area (Å²) in [5.41, 5.74) is 10.8. The van der Waals surface area contributed by atoms with Crippen molar-refractivity contribution in [2.75, 3.05) is 5.43 Å². The molecule has 134 valence electrons. The summed E-state index contributed by atoms with van der Waals surface area (Å²) in [5.74, 6) is 0. The molecule has 1 aliphatic rings. The molecule has 0 atom stereocenters. The van der Waals surface area contributed by atoms with Crippen molar-refractivity contribution in [3.8, 4) is 0 Å². The van der Waals surface area contributed by atoms with Crippen LogP contribution in [0.3, 0.4) is 0 Å². The van der Waals surface area contributed by atoms with E-state index in [9.17, 15) is 0 Å². The van der Waals surface area contributed by atoms with E-state index >= 15 is 0 Å². The fraction of sp³-hybridized carbons (Fsp3) is 0.160. The third-order valence-electron chi connectivity index (χ3n) is 5.07. The van der Waals surface area contributed by atoms with Gasteiger partial charge in [0.05, 0.1) is 11.4 Å². The van der Waals surface area contributed by atoms with Crippen molar-refractivity contribution in [2.45, 2.75) is 26.7 Å². The van der Waals surface area contributed by atoms with Gasteiger partial charge >= 0.3 is 0 Å². The summed E-state index contributed by atoms with van der Waals surface area (Å²) in [6, 6.07) is 25.2. The van der Waals surface area contributed by atoms with Gasteiger partial charge in [-0.05, 0) is 48.7 Å². The molecule has 4 rings (SSSR count). The van der Waals surface area contributed by atoms with Crippen molar-refractivity contribution in [3.63, 3.8) is 0 Å². The van der Waals surface area contributed by atoms with E-state index in [1.165, 1.54) is 27.5 Å².